The number of fused-ring (bicyclic) bond motifs is 3. The van der Waals surface area contributed by atoms with Gasteiger partial charge in [-0.15, -0.1) is 0 Å². The SMILES string of the molecule is COc1cc(C(=O)O)cc(OC)c1OC.OC(CN1CCCCCC1)Cn1c2ccccc2c2ccccc21. The quantitative estimate of drug-likeness (QED) is 0.311. The van der Waals surface area contributed by atoms with Crippen molar-refractivity contribution in [3.05, 3.63) is 66.2 Å². The van der Waals surface area contributed by atoms with Crippen LogP contribution in [0.2, 0.25) is 0 Å². The number of ether oxygens (including phenoxy) is 3. The van der Waals surface area contributed by atoms with Gasteiger partial charge in [-0.25, -0.2) is 4.79 Å². The van der Waals surface area contributed by atoms with Crippen LogP contribution in [0.3, 0.4) is 0 Å². The summed E-state index contributed by atoms with van der Waals surface area (Å²) in [7, 11) is 4.33. The van der Waals surface area contributed by atoms with Crippen molar-refractivity contribution in [1.29, 1.82) is 0 Å². The lowest BCUT2D eigenvalue weighted by Gasteiger charge is -2.24. The number of carboxylic acid groups (broad SMARTS) is 1. The van der Waals surface area contributed by atoms with Crippen LogP contribution in [0.1, 0.15) is 36.0 Å². The number of hydrogen-bond acceptors (Lipinski definition) is 6. The average Bonchev–Trinajstić information content (AvgIpc) is 3.07. The Hall–Kier alpha value is -3.75. The fraction of sp³-hybridized carbons (Fsp3) is 0.387. The highest BCUT2D eigenvalue weighted by atomic mass is 16.5. The first kappa shape index (κ1) is 28.3. The number of likely N-dealkylation sites (tertiary alicyclic amines) is 1. The van der Waals surface area contributed by atoms with Crippen molar-refractivity contribution in [1.82, 2.24) is 9.47 Å². The minimum atomic E-state index is -1.05. The number of nitrogens with zero attached hydrogens (tertiary/aromatic N) is 2. The fourth-order valence-electron chi connectivity index (χ4n) is 5.29. The van der Waals surface area contributed by atoms with Crippen LogP contribution in [0.4, 0.5) is 0 Å². The summed E-state index contributed by atoms with van der Waals surface area (Å²) < 4.78 is 17.3. The maximum Gasteiger partial charge on any atom is 0.335 e. The third-order valence-corrected chi connectivity index (χ3v) is 7.15. The topological polar surface area (TPSA) is 93.4 Å². The van der Waals surface area contributed by atoms with Crippen LogP contribution in [0, 0.1) is 0 Å². The molecule has 1 aromatic heterocycles. The zero-order chi connectivity index (χ0) is 27.8. The van der Waals surface area contributed by atoms with E-state index in [1.165, 1.54) is 81.0 Å². The smallest absolute Gasteiger partial charge is 0.335 e. The predicted octanol–water partition coefficient (Wildman–Crippen LogP) is 5.44. The molecule has 3 aromatic carbocycles. The normalized spacial score (nSPS) is 14.8. The molecule has 0 amide bonds. The van der Waals surface area contributed by atoms with Gasteiger partial charge in [-0.3, -0.25) is 0 Å². The highest BCUT2D eigenvalue weighted by Crippen LogP contribution is 2.38. The Balaban J connectivity index is 0.000000204. The zero-order valence-corrected chi connectivity index (χ0v) is 22.9. The van der Waals surface area contributed by atoms with Crippen molar-refractivity contribution in [2.45, 2.75) is 38.3 Å². The molecule has 1 aliphatic rings. The number of aliphatic hydroxyl groups excluding tert-OH is 1. The van der Waals surface area contributed by atoms with Crippen molar-refractivity contribution in [3.8, 4) is 17.2 Å². The van der Waals surface area contributed by atoms with Crippen LogP contribution in [0.25, 0.3) is 21.8 Å². The van der Waals surface area contributed by atoms with E-state index >= 15 is 0 Å². The lowest BCUT2D eigenvalue weighted by molar-refractivity contribution is 0.0696. The van der Waals surface area contributed by atoms with E-state index in [2.05, 4.69) is 58.0 Å². The lowest BCUT2D eigenvalue weighted by atomic mass is 10.2. The third-order valence-electron chi connectivity index (χ3n) is 7.15. The van der Waals surface area contributed by atoms with Gasteiger partial charge in [0, 0.05) is 28.4 Å². The van der Waals surface area contributed by atoms with E-state index in [0.717, 1.165) is 19.6 Å². The summed E-state index contributed by atoms with van der Waals surface area (Å²) >= 11 is 0. The molecule has 0 saturated carbocycles. The third kappa shape index (κ3) is 6.64. The van der Waals surface area contributed by atoms with E-state index in [0.29, 0.717) is 23.8 Å². The van der Waals surface area contributed by atoms with Gasteiger partial charge in [-0.2, -0.15) is 0 Å². The molecule has 0 bridgehead atoms. The molecule has 0 spiro atoms. The summed E-state index contributed by atoms with van der Waals surface area (Å²) in [5, 5.41) is 22.1. The average molecular weight is 535 g/mol. The highest BCUT2D eigenvalue weighted by Gasteiger charge is 2.18. The largest absolute Gasteiger partial charge is 0.493 e. The first-order valence-electron chi connectivity index (χ1n) is 13.4. The van der Waals surface area contributed by atoms with E-state index in [1.807, 2.05) is 0 Å². The molecule has 8 heteroatoms. The summed E-state index contributed by atoms with van der Waals surface area (Å²) in [6.07, 6.45) is 4.87. The number of aromatic carboxylic acids is 1. The molecule has 1 fully saturated rings. The van der Waals surface area contributed by atoms with Crippen LogP contribution in [-0.2, 0) is 6.54 Å². The molecule has 0 radical (unpaired) electrons. The highest BCUT2D eigenvalue weighted by molar-refractivity contribution is 6.07. The van der Waals surface area contributed by atoms with E-state index in [9.17, 15) is 9.90 Å². The van der Waals surface area contributed by atoms with E-state index < -0.39 is 5.97 Å². The molecule has 39 heavy (non-hydrogen) atoms. The maximum atomic E-state index is 10.8. The van der Waals surface area contributed by atoms with Crippen LogP contribution >= 0.6 is 0 Å². The van der Waals surface area contributed by atoms with E-state index in [4.69, 9.17) is 19.3 Å². The summed E-state index contributed by atoms with van der Waals surface area (Å²) in [4.78, 5) is 13.2. The Kier molecular flexibility index (Phi) is 9.68. The number of β-amino-alcohol motifs (C(OH)–C–C–N with tert-alkyl or cyclic N) is 1. The summed E-state index contributed by atoms with van der Waals surface area (Å²) in [6.45, 7) is 3.69. The molecule has 1 aliphatic heterocycles. The molecule has 8 nitrogen and oxygen atoms in total. The molecule has 2 N–H and O–H groups in total. The van der Waals surface area contributed by atoms with Gasteiger partial charge in [-0.1, -0.05) is 49.2 Å². The Bertz CT molecular complexity index is 1310. The molecule has 1 unspecified atom stereocenters. The Morgan fingerprint density at radius 3 is 1.77 bits per heavy atom. The van der Waals surface area contributed by atoms with Crippen molar-refractivity contribution < 1.29 is 29.2 Å². The number of aromatic nitrogens is 1. The number of methoxy groups -OCH3 is 3. The standard InChI is InChI=1S/C21H26N2O.C10H12O5/c24-17(15-22-13-7-1-2-8-14-22)16-23-20-11-5-3-9-18(20)19-10-4-6-12-21(19)23;1-13-7-4-6(10(11)12)5-8(14-2)9(7)15-3/h3-6,9-12,17,24H,1-2,7-8,13-16H2;4-5H,1-3H3,(H,11,12). The number of rotatable bonds is 8. The molecule has 1 atom stereocenters. The second-order valence-electron chi connectivity index (χ2n) is 9.73. The second kappa shape index (κ2) is 13.4. The summed E-state index contributed by atoms with van der Waals surface area (Å²) in [6, 6.07) is 19.8. The number of benzene rings is 3. The Labute approximate surface area is 229 Å². The number of carboxylic acids is 1. The van der Waals surface area contributed by atoms with Crippen LogP contribution in [-0.4, -0.2) is 72.7 Å². The lowest BCUT2D eigenvalue weighted by Crippen LogP contribution is -2.35. The number of para-hydroxylation sites is 2. The van der Waals surface area contributed by atoms with Gasteiger partial charge in [0.05, 0.1) is 39.5 Å². The fourth-order valence-corrected chi connectivity index (χ4v) is 5.29. The van der Waals surface area contributed by atoms with Crippen molar-refractivity contribution in [2.24, 2.45) is 0 Å². The molecule has 5 rings (SSSR count). The Morgan fingerprint density at radius 1 is 0.795 bits per heavy atom. The van der Waals surface area contributed by atoms with Gasteiger partial charge >= 0.3 is 5.97 Å². The van der Waals surface area contributed by atoms with Crippen molar-refractivity contribution >= 4 is 27.8 Å². The summed E-state index contributed by atoms with van der Waals surface area (Å²) in [5.74, 6) is -0.0113. The number of carbonyl (C=O) groups is 1. The molecule has 1 saturated heterocycles. The first-order chi connectivity index (χ1) is 19.0. The van der Waals surface area contributed by atoms with Crippen molar-refractivity contribution in [3.63, 3.8) is 0 Å². The molecule has 0 aliphatic carbocycles. The monoisotopic (exact) mass is 534 g/mol. The predicted molar refractivity (Wildman–Crippen MR) is 153 cm³/mol. The number of aliphatic hydroxyl groups is 1. The van der Waals surface area contributed by atoms with Gasteiger partial charge in [0.15, 0.2) is 11.5 Å². The van der Waals surface area contributed by atoms with Gasteiger partial charge in [0.25, 0.3) is 0 Å². The Morgan fingerprint density at radius 2 is 1.31 bits per heavy atom. The number of hydrogen-bond donors (Lipinski definition) is 2. The van der Waals surface area contributed by atoms with E-state index in [-0.39, 0.29) is 11.7 Å². The van der Waals surface area contributed by atoms with E-state index in [1.54, 1.807) is 0 Å². The van der Waals surface area contributed by atoms with Gasteiger partial charge < -0.3 is 33.9 Å². The van der Waals surface area contributed by atoms with Gasteiger partial charge in [0.1, 0.15) is 0 Å². The molecule has 4 aromatic rings. The van der Waals surface area contributed by atoms with Crippen molar-refractivity contribution in [2.75, 3.05) is 41.0 Å². The molecule has 2 heterocycles. The molecule has 208 valence electrons. The van der Waals surface area contributed by atoms with Crippen LogP contribution < -0.4 is 14.2 Å². The molecular weight excluding hydrogens is 496 g/mol. The maximum absolute atomic E-state index is 10.8. The minimum Gasteiger partial charge on any atom is -0.493 e. The van der Waals surface area contributed by atoms with Gasteiger partial charge in [0.2, 0.25) is 5.75 Å². The van der Waals surface area contributed by atoms with Crippen LogP contribution in [0.5, 0.6) is 17.2 Å². The van der Waals surface area contributed by atoms with Crippen LogP contribution in [0.15, 0.2) is 60.7 Å². The molecular formula is C31H38N2O6. The second-order valence-corrected chi connectivity index (χ2v) is 9.73. The van der Waals surface area contributed by atoms with Gasteiger partial charge in [-0.05, 0) is 50.2 Å². The zero-order valence-electron chi connectivity index (χ0n) is 22.9. The minimum absolute atomic E-state index is 0.0875. The first-order valence-corrected chi connectivity index (χ1v) is 13.4. The summed E-state index contributed by atoms with van der Waals surface area (Å²) in [5.41, 5.74) is 2.52.